The average molecular weight is 437 g/mol. The Morgan fingerprint density at radius 3 is 2.00 bits per heavy atom. The van der Waals surface area contributed by atoms with Gasteiger partial charge in [0.15, 0.2) is 0 Å². The van der Waals surface area contributed by atoms with Gasteiger partial charge in [-0.1, -0.05) is 66.7 Å². The van der Waals surface area contributed by atoms with Gasteiger partial charge in [0, 0.05) is 32.7 Å². The molecule has 5 nitrogen and oxygen atoms in total. The third kappa shape index (κ3) is 5.60. The van der Waals surface area contributed by atoms with Crippen molar-refractivity contribution in [2.75, 3.05) is 20.6 Å². The van der Waals surface area contributed by atoms with Crippen molar-refractivity contribution < 1.29 is 13.2 Å². The van der Waals surface area contributed by atoms with Crippen LogP contribution in [0, 0.1) is 6.92 Å². The first-order chi connectivity index (χ1) is 14.8. The van der Waals surface area contributed by atoms with Gasteiger partial charge in [-0.25, -0.2) is 12.7 Å². The van der Waals surface area contributed by atoms with Crippen LogP contribution in [-0.2, 0) is 23.0 Å². The molecule has 0 aliphatic rings. The molecule has 162 valence electrons. The number of benzene rings is 3. The van der Waals surface area contributed by atoms with Crippen LogP contribution in [0.1, 0.15) is 27.0 Å². The first kappa shape index (κ1) is 22.7. The molecule has 3 rings (SSSR count). The van der Waals surface area contributed by atoms with Gasteiger partial charge in [-0.2, -0.15) is 0 Å². The van der Waals surface area contributed by atoms with E-state index in [9.17, 15) is 13.2 Å². The molecular formula is C25H28N2O3S. The molecule has 0 aliphatic carbocycles. The van der Waals surface area contributed by atoms with Gasteiger partial charge in [-0.05, 0) is 42.2 Å². The summed E-state index contributed by atoms with van der Waals surface area (Å²) in [5.74, 6) is -0.173. The summed E-state index contributed by atoms with van der Waals surface area (Å²) < 4.78 is 26.3. The van der Waals surface area contributed by atoms with E-state index >= 15 is 0 Å². The summed E-state index contributed by atoms with van der Waals surface area (Å²) in [6.07, 6.45) is 0.716. The van der Waals surface area contributed by atoms with Crippen molar-refractivity contribution in [3.05, 3.63) is 101 Å². The Morgan fingerprint density at radius 2 is 1.42 bits per heavy atom. The molecular weight excluding hydrogens is 408 g/mol. The highest BCUT2D eigenvalue weighted by Gasteiger charge is 2.23. The van der Waals surface area contributed by atoms with Gasteiger partial charge in [0.05, 0.1) is 4.90 Å². The van der Waals surface area contributed by atoms with E-state index in [1.54, 1.807) is 17.0 Å². The van der Waals surface area contributed by atoms with Crippen molar-refractivity contribution in [1.82, 2.24) is 9.21 Å². The summed E-state index contributed by atoms with van der Waals surface area (Å²) in [5, 5.41) is 0. The van der Waals surface area contributed by atoms with Crippen LogP contribution >= 0.6 is 0 Å². The quantitative estimate of drug-likeness (QED) is 0.533. The zero-order chi connectivity index (χ0) is 22.4. The minimum absolute atomic E-state index is 0.120. The number of sulfonamides is 1. The van der Waals surface area contributed by atoms with Crippen LogP contribution in [-0.4, -0.2) is 44.2 Å². The lowest BCUT2D eigenvalue weighted by molar-refractivity contribution is 0.0744. The third-order valence-electron chi connectivity index (χ3n) is 5.23. The number of carbonyl (C=O) groups is 1. The lowest BCUT2D eigenvalue weighted by atomic mass is 10.1. The first-order valence-electron chi connectivity index (χ1n) is 10.2. The zero-order valence-corrected chi connectivity index (χ0v) is 19.0. The second-order valence-electron chi connectivity index (χ2n) is 7.71. The molecule has 0 unspecified atom stereocenters. The molecule has 0 bridgehead atoms. The number of hydrogen-bond donors (Lipinski definition) is 0. The van der Waals surface area contributed by atoms with E-state index < -0.39 is 10.0 Å². The molecule has 31 heavy (non-hydrogen) atoms. The molecule has 6 heteroatoms. The van der Waals surface area contributed by atoms with E-state index in [1.165, 1.54) is 20.2 Å². The molecule has 0 spiro atoms. The predicted molar refractivity (Wildman–Crippen MR) is 123 cm³/mol. The summed E-state index contributed by atoms with van der Waals surface area (Å²) in [4.78, 5) is 15.5. The van der Waals surface area contributed by atoms with Crippen molar-refractivity contribution in [1.29, 1.82) is 0 Å². The minimum Gasteiger partial charge on any atom is -0.334 e. The van der Waals surface area contributed by atoms with E-state index in [2.05, 4.69) is 0 Å². The molecule has 3 aromatic rings. The topological polar surface area (TPSA) is 57.7 Å². The molecule has 0 aliphatic heterocycles. The van der Waals surface area contributed by atoms with Crippen molar-refractivity contribution in [3.8, 4) is 0 Å². The largest absolute Gasteiger partial charge is 0.334 e. The normalized spacial score (nSPS) is 11.5. The van der Waals surface area contributed by atoms with Crippen LogP contribution < -0.4 is 0 Å². The third-order valence-corrected chi connectivity index (χ3v) is 7.05. The fourth-order valence-corrected chi connectivity index (χ4v) is 4.27. The monoisotopic (exact) mass is 436 g/mol. The molecule has 0 fully saturated rings. The molecule has 3 aromatic carbocycles. The maximum atomic E-state index is 13.6. The van der Waals surface area contributed by atoms with Gasteiger partial charge in [-0.15, -0.1) is 0 Å². The summed E-state index contributed by atoms with van der Waals surface area (Å²) in [5.41, 5.74) is 3.33. The Morgan fingerprint density at radius 1 is 0.839 bits per heavy atom. The van der Waals surface area contributed by atoms with Crippen molar-refractivity contribution >= 4 is 15.9 Å². The lowest BCUT2D eigenvalue weighted by Gasteiger charge is -2.24. The van der Waals surface area contributed by atoms with Gasteiger partial charge < -0.3 is 4.90 Å². The highest BCUT2D eigenvalue weighted by Crippen LogP contribution is 2.21. The first-order valence-corrected chi connectivity index (χ1v) is 11.6. The Balaban J connectivity index is 1.93. The molecule has 0 N–H and O–H groups in total. The molecule has 0 heterocycles. The number of rotatable bonds is 8. The van der Waals surface area contributed by atoms with Crippen LogP contribution in [0.3, 0.4) is 0 Å². The number of nitrogens with zero attached hydrogens (tertiary/aromatic N) is 2. The highest BCUT2D eigenvalue weighted by atomic mass is 32.2. The number of amides is 1. The van der Waals surface area contributed by atoms with Crippen LogP contribution in [0.15, 0.2) is 83.8 Å². The maximum absolute atomic E-state index is 13.6. The Bertz CT molecular complexity index is 1130. The summed E-state index contributed by atoms with van der Waals surface area (Å²) in [6, 6.07) is 24.6. The SMILES string of the molecule is Cc1ccc(S(=O)(=O)N(C)C)cc1C(=O)N(CCc1ccccc1)Cc1ccccc1. The Kier molecular flexibility index (Phi) is 7.25. The fraction of sp³-hybridized carbons (Fsp3) is 0.240. The predicted octanol–water partition coefficient (Wildman–Crippen LogP) is 4.13. The molecule has 0 saturated carbocycles. The zero-order valence-electron chi connectivity index (χ0n) is 18.2. The molecule has 1 amide bonds. The fourth-order valence-electron chi connectivity index (χ4n) is 3.34. The maximum Gasteiger partial charge on any atom is 0.254 e. The number of carbonyl (C=O) groups excluding carboxylic acids is 1. The second-order valence-corrected chi connectivity index (χ2v) is 9.86. The summed E-state index contributed by atoms with van der Waals surface area (Å²) in [6.45, 7) is 2.82. The highest BCUT2D eigenvalue weighted by molar-refractivity contribution is 7.89. The Hall–Kier alpha value is -2.96. The van der Waals surface area contributed by atoms with Crippen LogP contribution in [0.2, 0.25) is 0 Å². The van der Waals surface area contributed by atoms with E-state index in [4.69, 9.17) is 0 Å². The van der Waals surface area contributed by atoms with Crippen molar-refractivity contribution in [2.45, 2.75) is 24.8 Å². The van der Waals surface area contributed by atoms with Crippen LogP contribution in [0.25, 0.3) is 0 Å². The van der Waals surface area contributed by atoms with Crippen LogP contribution in [0.4, 0.5) is 0 Å². The van der Waals surface area contributed by atoms with E-state index in [0.717, 1.165) is 21.0 Å². The summed E-state index contributed by atoms with van der Waals surface area (Å²) in [7, 11) is -0.658. The Labute approximate surface area is 185 Å². The van der Waals surface area contributed by atoms with E-state index in [0.29, 0.717) is 25.1 Å². The van der Waals surface area contributed by atoms with Gasteiger partial charge in [0.2, 0.25) is 10.0 Å². The average Bonchev–Trinajstić information content (AvgIpc) is 2.77. The van der Waals surface area contributed by atoms with Gasteiger partial charge in [0.1, 0.15) is 0 Å². The van der Waals surface area contributed by atoms with E-state index in [1.807, 2.05) is 67.6 Å². The van der Waals surface area contributed by atoms with Gasteiger partial charge in [-0.3, -0.25) is 4.79 Å². The molecule has 0 aromatic heterocycles. The van der Waals surface area contributed by atoms with Crippen molar-refractivity contribution in [3.63, 3.8) is 0 Å². The lowest BCUT2D eigenvalue weighted by Crippen LogP contribution is -2.33. The molecule has 0 atom stereocenters. The standard InChI is InChI=1S/C25H28N2O3S/c1-20-14-15-23(31(29,30)26(2)3)18-24(20)25(28)27(19-22-12-8-5-9-13-22)17-16-21-10-6-4-7-11-21/h4-15,18H,16-17,19H2,1-3H3. The van der Waals surface area contributed by atoms with Gasteiger partial charge in [0.25, 0.3) is 5.91 Å². The van der Waals surface area contributed by atoms with Crippen molar-refractivity contribution in [2.24, 2.45) is 0 Å². The number of aryl methyl sites for hydroxylation is 1. The molecule has 0 saturated heterocycles. The van der Waals surface area contributed by atoms with Crippen LogP contribution in [0.5, 0.6) is 0 Å². The smallest absolute Gasteiger partial charge is 0.254 e. The minimum atomic E-state index is -3.63. The number of hydrogen-bond acceptors (Lipinski definition) is 3. The van der Waals surface area contributed by atoms with E-state index in [-0.39, 0.29) is 10.8 Å². The van der Waals surface area contributed by atoms with Gasteiger partial charge >= 0.3 is 0 Å². The molecule has 0 radical (unpaired) electrons. The second kappa shape index (κ2) is 9.90. The summed E-state index contributed by atoms with van der Waals surface area (Å²) >= 11 is 0.